The zero-order chi connectivity index (χ0) is 22.7. The Morgan fingerprint density at radius 1 is 1.32 bits per heavy atom. The molecule has 2 aliphatic rings. The number of aliphatic carboxylic acids is 2. The van der Waals surface area contributed by atoms with Crippen molar-refractivity contribution in [1.29, 1.82) is 0 Å². The number of rotatable bonds is 9. The van der Waals surface area contributed by atoms with Crippen molar-refractivity contribution >= 4 is 47.3 Å². The second-order valence-corrected chi connectivity index (χ2v) is 8.97. The van der Waals surface area contributed by atoms with E-state index in [4.69, 9.17) is 15.6 Å². The Morgan fingerprint density at radius 2 is 2.00 bits per heavy atom. The van der Waals surface area contributed by atoms with Gasteiger partial charge in [0.25, 0.3) is 5.91 Å². The molecule has 1 fully saturated rings. The van der Waals surface area contributed by atoms with Crippen molar-refractivity contribution < 1.29 is 34.1 Å². The van der Waals surface area contributed by atoms with Crippen LogP contribution in [0.5, 0.6) is 0 Å². The quantitative estimate of drug-likeness (QED) is 0.293. The second-order valence-electron chi connectivity index (χ2n) is 6.82. The zero-order valence-electron chi connectivity index (χ0n) is 16.4. The Labute approximate surface area is 186 Å². The number of amides is 2. The minimum absolute atomic E-state index is 0.0793. The van der Waals surface area contributed by atoms with Crippen LogP contribution < -0.4 is 11.1 Å². The fourth-order valence-corrected chi connectivity index (χ4v) is 5.23. The van der Waals surface area contributed by atoms with Gasteiger partial charge in [-0.25, -0.2) is 4.79 Å². The van der Waals surface area contributed by atoms with E-state index in [1.54, 1.807) is 24.3 Å². The third kappa shape index (κ3) is 4.87. The molecule has 31 heavy (non-hydrogen) atoms. The highest BCUT2D eigenvalue weighted by Gasteiger charge is 2.54. The number of β-lactam (4-membered cyclic amide) rings is 1. The summed E-state index contributed by atoms with van der Waals surface area (Å²) in [4.78, 5) is 49.4. The Hall–Kier alpha value is -2.54. The molecule has 1 saturated heterocycles. The molecule has 1 aromatic carbocycles. The maximum atomic E-state index is 12.6. The van der Waals surface area contributed by atoms with Crippen molar-refractivity contribution in [2.45, 2.75) is 22.4 Å². The average molecular weight is 468 g/mol. The zero-order valence-corrected chi connectivity index (χ0v) is 18.1. The Morgan fingerprint density at radius 3 is 2.58 bits per heavy atom. The number of nitrogens with two attached hydrogens (primary N) is 1. The molecule has 0 spiro atoms. The molecule has 1 aromatic rings. The van der Waals surface area contributed by atoms with Gasteiger partial charge in [-0.1, -0.05) is 12.1 Å². The molecule has 0 aromatic heterocycles. The Kier molecular flexibility index (Phi) is 7.26. The summed E-state index contributed by atoms with van der Waals surface area (Å²) in [5.74, 6) is -2.92. The van der Waals surface area contributed by atoms with Gasteiger partial charge in [-0.2, -0.15) is 0 Å². The summed E-state index contributed by atoms with van der Waals surface area (Å²) in [6.07, 6.45) is 0. The number of fused-ring (bicyclic) bond motifs is 1. The summed E-state index contributed by atoms with van der Waals surface area (Å²) in [5, 5.41) is 20.3. The van der Waals surface area contributed by atoms with Crippen LogP contribution in [-0.2, 0) is 23.9 Å². The number of nitrogens with zero attached hydrogens (tertiary/aromatic N) is 1. The average Bonchev–Trinajstić information content (AvgIpc) is 2.75. The van der Waals surface area contributed by atoms with Crippen LogP contribution in [0.1, 0.15) is 11.6 Å². The van der Waals surface area contributed by atoms with E-state index in [1.807, 2.05) is 0 Å². The van der Waals surface area contributed by atoms with Crippen LogP contribution in [0, 0.1) is 0 Å². The molecule has 3 atom stereocenters. The monoisotopic (exact) mass is 467 g/mol. The van der Waals surface area contributed by atoms with Gasteiger partial charge in [0.05, 0.1) is 12.4 Å². The Bertz CT molecular complexity index is 935. The van der Waals surface area contributed by atoms with E-state index in [0.717, 1.165) is 16.7 Å². The van der Waals surface area contributed by atoms with Crippen LogP contribution in [0.4, 0.5) is 0 Å². The van der Waals surface area contributed by atoms with E-state index in [9.17, 15) is 24.3 Å². The number of carbonyl (C=O) groups excluding carboxylic acids is 2. The van der Waals surface area contributed by atoms with Crippen molar-refractivity contribution in [3.05, 3.63) is 41.1 Å². The highest BCUT2D eigenvalue weighted by atomic mass is 32.2. The lowest BCUT2D eigenvalue weighted by Gasteiger charge is -2.49. The van der Waals surface area contributed by atoms with Gasteiger partial charge in [-0.3, -0.25) is 19.3 Å². The molecule has 2 aliphatic heterocycles. The number of hydrogen-bond donors (Lipinski definition) is 4. The maximum Gasteiger partial charge on any atom is 0.352 e. The summed E-state index contributed by atoms with van der Waals surface area (Å²) in [6, 6.07) is 4.69. The topological polar surface area (TPSA) is 159 Å². The number of carbonyl (C=O) groups is 4. The predicted molar refractivity (Wildman–Crippen MR) is 113 cm³/mol. The lowest BCUT2D eigenvalue weighted by atomic mass is 10.0. The molecule has 2 heterocycles. The molecule has 5 N–H and O–H groups in total. The summed E-state index contributed by atoms with van der Waals surface area (Å²) in [6.45, 7) is 0.105. The molecule has 3 rings (SSSR count). The number of carboxylic acid groups (broad SMARTS) is 2. The molecule has 2 amide bonds. The highest BCUT2D eigenvalue weighted by Crippen LogP contribution is 2.40. The van der Waals surface area contributed by atoms with Gasteiger partial charge in [0.15, 0.2) is 0 Å². The molecule has 0 aliphatic carbocycles. The van der Waals surface area contributed by atoms with Crippen LogP contribution >= 0.6 is 23.5 Å². The molecule has 0 radical (unpaired) electrons. The first kappa shape index (κ1) is 23.1. The molecular weight excluding hydrogens is 446 g/mol. The first-order valence-electron chi connectivity index (χ1n) is 9.14. The van der Waals surface area contributed by atoms with Crippen molar-refractivity contribution in [3.8, 4) is 0 Å². The van der Waals surface area contributed by atoms with E-state index in [-0.39, 0.29) is 18.1 Å². The normalized spacial score (nSPS) is 21.2. The SMILES string of the molecule is COCC1=C(C(=O)O)N2C(=O)C(NC(=O)C(N)c3ccc(SCC(=O)O)cc3)[C@@H]2SC1. The lowest BCUT2D eigenvalue weighted by molar-refractivity contribution is -0.151. The van der Waals surface area contributed by atoms with Crippen molar-refractivity contribution in [2.24, 2.45) is 5.73 Å². The largest absolute Gasteiger partial charge is 0.481 e. The molecular formula is C19H21N3O7S2. The first-order chi connectivity index (χ1) is 14.7. The summed E-state index contributed by atoms with van der Waals surface area (Å²) >= 11 is 2.50. The standard InChI is InChI=1S/C19H21N3O7S2/c1-29-6-10-7-31-18-14(17(26)22(18)15(10)19(27)28)21-16(25)13(20)9-2-4-11(5-3-9)30-8-12(23)24/h2-5,13-14,18H,6-8,20H2,1H3,(H,21,25)(H,23,24)(H,27,28)/t13?,14?,18-/m0/s1. The number of benzene rings is 1. The highest BCUT2D eigenvalue weighted by molar-refractivity contribution is 8.00. The predicted octanol–water partition coefficient (Wildman–Crippen LogP) is 0.248. The van der Waals surface area contributed by atoms with Gasteiger partial charge >= 0.3 is 11.9 Å². The number of hydrogen-bond acceptors (Lipinski definition) is 8. The number of ether oxygens (including phenoxy) is 1. The van der Waals surface area contributed by atoms with E-state index in [1.165, 1.54) is 23.8 Å². The molecule has 0 saturated carbocycles. The van der Waals surface area contributed by atoms with E-state index >= 15 is 0 Å². The second kappa shape index (κ2) is 9.73. The number of thioether (sulfide) groups is 2. The molecule has 2 unspecified atom stereocenters. The van der Waals surface area contributed by atoms with E-state index in [0.29, 0.717) is 16.9 Å². The lowest BCUT2D eigenvalue weighted by Crippen LogP contribution is -2.71. The van der Waals surface area contributed by atoms with Gasteiger partial charge in [0.1, 0.15) is 23.2 Å². The van der Waals surface area contributed by atoms with Gasteiger partial charge in [0, 0.05) is 17.8 Å². The van der Waals surface area contributed by atoms with E-state index in [2.05, 4.69) is 5.32 Å². The fraction of sp³-hybridized carbons (Fsp3) is 0.368. The molecule has 166 valence electrons. The maximum absolute atomic E-state index is 12.6. The van der Waals surface area contributed by atoms with E-state index < -0.39 is 41.2 Å². The van der Waals surface area contributed by atoms with Crippen LogP contribution in [0.2, 0.25) is 0 Å². The number of carboxylic acids is 2. The van der Waals surface area contributed by atoms with Crippen LogP contribution in [0.25, 0.3) is 0 Å². The van der Waals surface area contributed by atoms with Gasteiger partial charge < -0.3 is 26.0 Å². The van der Waals surface area contributed by atoms with Crippen molar-refractivity contribution in [2.75, 3.05) is 25.2 Å². The van der Waals surface area contributed by atoms with Crippen LogP contribution in [0.15, 0.2) is 40.4 Å². The Balaban J connectivity index is 1.64. The summed E-state index contributed by atoms with van der Waals surface area (Å²) in [7, 11) is 1.45. The third-order valence-electron chi connectivity index (χ3n) is 4.75. The first-order valence-corrected chi connectivity index (χ1v) is 11.2. The van der Waals surface area contributed by atoms with Crippen molar-refractivity contribution in [1.82, 2.24) is 10.2 Å². The summed E-state index contributed by atoms with van der Waals surface area (Å²) < 4.78 is 5.02. The minimum Gasteiger partial charge on any atom is -0.481 e. The fourth-order valence-electron chi connectivity index (χ4n) is 3.28. The molecule has 10 nitrogen and oxygen atoms in total. The van der Waals surface area contributed by atoms with Gasteiger partial charge in [-0.15, -0.1) is 23.5 Å². The minimum atomic E-state index is -1.21. The summed E-state index contributed by atoms with van der Waals surface area (Å²) in [5.41, 5.74) is 6.94. The smallest absolute Gasteiger partial charge is 0.352 e. The third-order valence-corrected chi connectivity index (χ3v) is 7.09. The van der Waals surface area contributed by atoms with Gasteiger partial charge in [-0.05, 0) is 23.3 Å². The van der Waals surface area contributed by atoms with Gasteiger partial charge in [0.2, 0.25) is 5.91 Å². The number of nitrogens with one attached hydrogen (secondary N) is 1. The van der Waals surface area contributed by atoms with Crippen LogP contribution in [0.3, 0.4) is 0 Å². The van der Waals surface area contributed by atoms with Crippen LogP contribution in [-0.4, -0.2) is 75.5 Å². The molecule has 12 heteroatoms. The van der Waals surface area contributed by atoms with Crippen molar-refractivity contribution in [3.63, 3.8) is 0 Å². The molecule has 0 bridgehead atoms. The number of methoxy groups -OCH3 is 1.